The van der Waals surface area contributed by atoms with Crippen LogP contribution in [0.3, 0.4) is 0 Å². The van der Waals surface area contributed by atoms with Gasteiger partial charge in [-0.15, -0.1) is 0 Å². The van der Waals surface area contributed by atoms with Crippen LogP contribution in [0.15, 0.2) is 35.4 Å². The highest BCUT2D eigenvalue weighted by Gasteiger charge is 2.15. The minimum absolute atomic E-state index is 0.178. The maximum absolute atomic E-state index is 14.8. The molecule has 28 heavy (non-hydrogen) atoms. The van der Waals surface area contributed by atoms with E-state index in [1.165, 1.54) is 19.4 Å². The number of methoxy groups -OCH3 is 1. The fourth-order valence-corrected chi connectivity index (χ4v) is 3.13. The molecule has 3 aromatic rings. The van der Waals surface area contributed by atoms with Gasteiger partial charge in [-0.25, -0.2) is 14.4 Å². The lowest BCUT2D eigenvalue weighted by atomic mass is 10.1. The number of fused-ring (bicyclic) bond motifs is 1. The summed E-state index contributed by atoms with van der Waals surface area (Å²) in [7, 11) is 1.53. The van der Waals surface area contributed by atoms with Crippen molar-refractivity contribution in [3.63, 3.8) is 0 Å². The zero-order valence-corrected chi connectivity index (χ0v) is 16.5. The Hall–Kier alpha value is -2.96. The molecule has 0 saturated carbocycles. The largest absolute Gasteiger partial charge is 0.491 e. The first-order chi connectivity index (χ1) is 13.6. The van der Waals surface area contributed by atoms with E-state index in [0.717, 1.165) is 19.3 Å². The van der Waals surface area contributed by atoms with Gasteiger partial charge in [0.2, 0.25) is 0 Å². The van der Waals surface area contributed by atoms with Crippen LogP contribution < -0.4 is 15.6 Å². The van der Waals surface area contributed by atoms with E-state index in [2.05, 4.69) is 22.2 Å². The Morgan fingerprint density at radius 3 is 2.79 bits per heavy atom. The molecule has 3 rings (SSSR count). The van der Waals surface area contributed by atoms with Gasteiger partial charge in [0.15, 0.2) is 17.4 Å². The maximum Gasteiger partial charge on any atom is 0.258 e. The van der Waals surface area contributed by atoms with E-state index >= 15 is 0 Å². The molecule has 0 radical (unpaired) electrons. The Kier molecular flexibility index (Phi) is 6.23. The number of nitrogens with zero attached hydrogens (tertiary/aromatic N) is 3. The molecule has 0 atom stereocenters. The highest BCUT2D eigenvalue weighted by molar-refractivity contribution is 5.86. The average molecular weight is 384 g/mol. The van der Waals surface area contributed by atoms with Crippen molar-refractivity contribution in [1.29, 1.82) is 0 Å². The van der Waals surface area contributed by atoms with Gasteiger partial charge in [-0.1, -0.05) is 19.8 Å². The SMILES string of the molecule is CCCCCn1ccc2cc(-c3ncc(OC)c(NCC)n3)c(F)cc2c1=O. The molecule has 0 bridgehead atoms. The molecule has 0 aliphatic rings. The summed E-state index contributed by atoms with van der Waals surface area (Å²) >= 11 is 0. The lowest BCUT2D eigenvalue weighted by Gasteiger charge is -2.11. The number of rotatable bonds is 8. The summed E-state index contributed by atoms with van der Waals surface area (Å²) in [5, 5.41) is 4.11. The van der Waals surface area contributed by atoms with Gasteiger partial charge < -0.3 is 14.6 Å². The quantitative estimate of drug-likeness (QED) is 0.589. The van der Waals surface area contributed by atoms with Crippen LogP contribution in [-0.2, 0) is 6.54 Å². The monoisotopic (exact) mass is 384 g/mol. The number of hydrogen-bond donors (Lipinski definition) is 1. The molecule has 0 saturated heterocycles. The van der Waals surface area contributed by atoms with E-state index in [0.29, 0.717) is 35.4 Å². The number of nitrogens with one attached hydrogen (secondary N) is 1. The molecule has 0 spiro atoms. The fourth-order valence-electron chi connectivity index (χ4n) is 3.13. The molecular weight excluding hydrogens is 359 g/mol. The third kappa shape index (κ3) is 3.98. The Labute approximate surface area is 163 Å². The lowest BCUT2D eigenvalue weighted by molar-refractivity contribution is 0.413. The number of halogens is 1. The standard InChI is InChI=1S/C21H25FN4O2/c1-4-6-7-9-26-10-8-14-11-16(17(22)12-15(14)21(26)27)19-24-13-18(28-3)20(25-19)23-5-2/h8,10-13H,4-7,9H2,1-3H3,(H,23,24,25). The molecule has 2 heterocycles. The van der Waals surface area contributed by atoms with Gasteiger partial charge >= 0.3 is 0 Å². The van der Waals surface area contributed by atoms with Gasteiger partial charge in [0.05, 0.1) is 24.3 Å². The minimum atomic E-state index is -0.525. The van der Waals surface area contributed by atoms with E-state index < -0.39 is 5.82 Å². The molecule has 0 fully saturated rings. The van der Waals surface area contributed by atoms with Crippen LogP contribution >= 0.6 is 0 Å². The predicted octanol–water partition coefficient (Wildman–Crippen LogP) is 4.23. The lowest BCUT2D eigenvalue weighted by Crippen LogP contribution is -2.19. The molecule has 148 valence electrons. The number of pyridine rings is 1. The number of unbranched alkanes of at least 4 members (excludes halogenated alkanes) is 2. The van der Waals surface area contributed by atoms with Crippen molar-refractivity contribution >= 4 is 16.6 Å². The molecule has 2 aromatic heterocycles. The van der Waals surface area contributed by atoms with Gasteiger partial charge in [0, 0.05) is 19.3 Å². The van der Waals surface area contributed by atoms with Crippen molar-refractivity contribution in [2.45, 2.75) is 39.7 Å². The number of hydrogen-bond acceptors (Lipinski definition) is 5. The van der Waals surface area contributed by atoms with Gasteiger partial charge in [-0.2, -0.15) is 0 Å². The zero-order chi connectivity index (χ0) is 20.1. The minimum Gasteiger partial charge on any atom is -0.491 e. The van der Waals surface area contributed by atoms with Crippen LogP contribution in [0.4, 0.5) is 10.2 Å². The van der Waals surface area contributed by atoms with Crippen LogP contribution in [0, 0.1) is 5.82 Å². The van der Waals surface area contributed by atoms with E-state index in [-0.39, 0.29) is 16.9 Å². The van der Waals surface area contributed by atoms with Gasteiger partial charge in [0.1, 0.15) is 5.82 Å². The predicted molar refractivity (Wildman–Crippen MR) is 109 cm³/mol. The van der Waals surface area contributed by atoms with Crippen LogP contribution in [0.2, 0.25) is 0 Å². The number of ether oxygens (including phenoxy) is 1. The van der Waals surface area contributed by atoms with Crippen molar-refractivity contribution in [3.8, 4) is 17.1 Å². The summed E-state index contributed by atoms with van der Waals surface area (Å²) in [6.45, 7) is 5.33. The van der Waals surface area contributed by atoms with Crippen LogP contribution in [0.1, 0.15) is 33.1 Å². The molecule has 6 nitrogen and oxygen atoms in total. The molecule has 0 unspecified atom stereocenters. The van der Waals surface area contributed by atoms with E-state index in [4.69, 9.17) is 4.74 Å². The second-order valence-electron chi connectivity index (χ2n) is 6.58. The number of aryl methyl sites for hydroxylation is 1. The first-order valence-corrected chi connectivity index (χ1v) is 9.57. The van der Waals surface area contributed by atoms with Crippen molar-refractivity contribution in [2.24, 2.45) is 0 Å². The topological polar surface area (TPSA) is 69.0 Å². The highest BCUT2D eigenvalue weighted by Crippen LogP contribution is 2.28. The molecule has 0 amide bonds. The summed E-state index contributed by atoms with van der Waals surface area (Å²) in [4.78, 5) is 21.3. The van der Waals surface area contributed by atoms with Gasteiger partial charge in [-0.3, -0.25) is 4.79 Å². The molecule has 0 aliphatic heterocycles. The Morgan fingerprint density at radius 1 is 1.25 bits per heavy atom. The van der Waals surface area contributed by atoms with Gasteiger partial charge in [-0.05, 0) is 36.9 Å². The Morgan fingerprint density at radius 2 is 2.07 bits per heavy atom. The average Bonchev–Trinajstić information content (AvgIpc) is 2.70. The fraction of sp³-hybridized carbons (Fsp3) is 0.381. The smallest absolute Gasteiger partial charge is 0.258 e. The Balaban J connectivity index is 2.04. The van der Waals surface area contributed by atoms with Crippen molar-refractivity contribution in [1.82, 2.24) is 14.5 Å². The van der Waals surface area contributed by atoms with Crippen LogP contribution in [0.5, 0.6) is 5.75 Å². The van der Waals surface area contributed by atoms with Gasteiger partial charge in [0.25, 0.3) is 5.56 Å². The number of anilines is 1. The number of aromatic nitrogens is 3. The van der Waals surface area contributed by atoms with E-state index in [1.54, 1.807) is 16.8 Å². The second-order valence-corrected chi connectivity index (χ2v) is 6.58. The van der Waals surface area contributed by atoms with Crippen LogP contribution in [-0.4, -0.2) is 28.2 Å². The zero-order valence-electron chi connectivity index (χ0n) is 16.5. The third-order valence-electron chi connectivity index (χ3n) is 4.63. The summed E-state index contributed by atoms with van der Waals surface area (Å²) in [5.41, 5.74) is 0.0699. The molecule has 1 aromatic carbocycles. The first-order valence-electron chi connectivity index (χ1n) is 9.57. The van der Waals surface area contributed by atoms with E-state index in [1.807, 2.05) is 13.0 Å². The maximum atomic E-state index is 14.8. The molecular formula is C21H25FN4O2. The first kappa shape index (κ1) is 19.8. The normalized spacial score (nSPS) is 11.0. The Bertz CT molecular complexity index is 1030. The summed E-state index contributed by atoms with van der Waals surface area (Å²) in [6.07, 6.45) is 6.34. The van der Waals surface area contributed by atoms with Crippen molar-refractivity contribution in [2.75, 3.05) is 19.0 Å². The highest BCUT2D eigenvalue weighted by atomic mass is 19.1. The van der Waals surface area contributed by atoms with E-state index in [9.17, 15) is 9.18 Å². The summed E-state index contributed by atoms with van der Waals surface area (Å²) in [6, 6.07) is 4.74. The van der Waals surface area contributed by atoms with Crippen molar-refractivity contribution < 1.29 is 9.13 Å². The van der Waals surface area contributed by atoms with Crippen LogP contribution in [0.25, 0.3) is 22.2 Å². The summed E-state index contributed by atoms with van der Waals surface area (Å²) < 4.78 is 21.7. The molecule has 1 N–H and O–H groups in total. The summed E-state index contributed by atoms with van der Waals surface area (Å²) in [5.74, 6) is 0.703. The van der Waals surface area contributed by atoms with Crippen molar-refractivity contribution in [3.05, 3.63) is 46.8 Å². The third-order valence-corrected chi connectivity index (χ3v) is 4.63. The molecule has 0 aliphatic carbocycles. The second kappa shape index (κ2) is 8.82. The molecule has 7 heteroatoms. The number of benzene rings is 1.